The van der Waals surface area contributed by atoms with Crippen LogP contribution in [0.15, 0.2) is 27.2 Å². The molecule has 0 saturated heterocycles. The van der Waals surface area contributed by atoms with Crippen LogP contribution in [0, 0.1) is 15.5 Å². The van der Waals surface area contributed by atoms with E-state index in [-0.39, 0.29) is 22.8 Å². The SMILES string of the molecule is CC1(C)CC(=O)c2c(-c3ccc([N+](=O)[O-])o3)coc2C1. The summed E-state index contributed by atoms with van der Waals surface area (Å²) in [5.41, 5.74) is 0.858. The summed E-state index contributed by atoms with van der Waals surface area (Å²) >= 11 is 0. The number of ketones is 1. The lowest BCUT2D eigenvalue weighted by molar-refractivity contribution is -0.401. The molecule has 0 atom stereocenters. The molecule has 0 amide bonds. The summed E-state index contributed by atoms with van der Waals surface area (Å²) in [5, 5.41) is 10.6. The molecule has 0 aliphatic heterocycles. The minimum atomic E-state index is -0.610. The van der Waals surface area contributed by atoms with Crippen LogP contribution in [-0.2, 0) is 6.42 Å². The predicted octanol–water partition coefficient (Wildman–Crippen LogP) is 3.60. The molecule has 0 bridgehead atoms. The molecule has 0 fully saturated rings. The zero-order valence-electron chi connectivity index (χ0n) is 11.1. The van der Waals surface area contributed by atoms with E-state index in [0.29, 0.717) is 29.7 Å². The molecule has 1 aliphatic rings. The zero-order valence-corrected chi connectivity index (χ0v) is 11.1. The topological polar surface area (TPSA) is 86.5 Å². The van der Waals surface area contributed by atoms with E-state index in [4.69, 9.17) is 8.83 Å². The van der Waals surface area contributed by atoms with Gasteiger partial charge in [0, 0.05) is 12.8 Å². The average molecular weight is 275 g/mol. The van der Waals surface area contributed by atoms with Crippen LogP contribution in [0.25, 0.3) is 11.3 Å². The monoisotopic (exact) mass is 275 g/mol. The number of furan rings is 2. The van der Waals surface area contributed by atoms with Crippen molar-refractivity contribution < 1.29 is 18.6 Å². The molecule has 104 valence electrons. The van der Waals surface area contributed by atoms with E-state index in [1.807, 2.05) is 13.8 Å². The molecule has 0 spiro atoms. The molecule has 0 saturated carbocycles. The first kappa shape index (κ1) is 12.7. The van der Waals surface area contributed by atoms with Gasteiger partial charge in [0.15, 0.2) is 5.78 Å². The minimum absolute atomic E-state index is 0.0148. The Kier molecular flexibility index (Phi) is 2.57. The summed E-state index contributed by atoms with van der Waals surface area (Å²) in [5.74, 6) is 0.549. The van der Waals surface area contributed by atoms with Gasteiger partial charge >= 0.3 is 5.88 Å². The van der Waals surface area contributed by atoms with Gasteiger partial charge in [-0.1, -0.05) is 13.8 Å². The largest absolute Gasteiger partial charge is 0.468 e. The molecule has 0 radical (unpaired) electrons. The number of carbonyl (C=O) groups excluding carboxylic acids is 1. The third-order valence-corrected chi connectivity index (χ3v) is 3.46. The van der Waals surface area contributed by atoms with Gasteiger partial charge in [0.05, 0.1) is 17.2 Å². The number of rotatable bonds is 2. The quantitative estimate of drug-likeness (QED) is 0.617. The van der Waals surface area contributed by atoms with Gasteiger partial charge in [-0.15, -0.1) is 0 Å². The van der Waals surface area contributed by atoms with Crippen molar-refractivity contribution in [3.05, 3.63) is 39.8 Å². The fraction of sp³-hybridized carbons (Fsp3) is 0.357. The maximum Gasteiger partial charge on any atom is 0.433 e. The molecule has 2 aromatic heterocycles. The zero-order chi connectivity index (χ0) is 14.5. The molecule has 6 heteroatoms. The predicted molar refractivity (Wildman–Crippen MR) is 69.5 cm³/mol. The molecule has 3 rings (SSSR count). The molecule has 6 nitrogen and oxygen atoms in total. The van der Waals surface area contributed by atoms with Crippen LogP contribution in [0.5, 0.6) is 0 Å². The van der Waals surface area contributed by atoms with Crippen LogP contribution in [0.4, 0.5) is 5.88 Å². The van der Waals surface area contributed by atoms with Crippen molar-refractivity contribution in [2.24, 2.45) is 5.41 Å². The molecule has 20 heavy (non-hydrogen) atoms. The van der Waals surface area contributed by atoms with Crippen molar-refractivity contribution >= 4 is 11.7 Å². The number of hydrogen-bond donors (Lipinski definition) is 0. The lowest BCUT2D eigenvalue weighted by Crippen LogP contribution is -2.26. The molecule has 2 aromatic rings. The van der Waals surface area contributed by atoms with Gasteiger partial charge in [-0.2, -0.15) is 0 Å². The smallest absolute Gasteiger partial charge is 0.433 e. The van der Waals surface area contributed by atoms with Crippen LogP contribution < -0.4 is 0 Å². The molecule has 1 aliphatic carbocycles. The van der Waals surface area contributed by atoms with Crippen molar-refractivity contribution in [2.75, 3.05) is 0 Å². The lowest BCUT2D eigenvalue weighted by atomic mass is 9.76. The van der Waals surface area contributed by atoms with E-state index in [0.717, 1.165) is 0 Å². The van der Waals surface area contributed by atoms with Gasteiger partial charge in [0.25, 0.3) is 0 Å². The van der Waals surface area contributed by atoms with Gasteiger partial charge in [0.1, 0.15) is 22.7 Å². The lowest BCUT2D eigenvalue weighted by Gasteiger charge is -2.27. The first-order valence-corrected chi connectivity index (χ1v) is 6.25. The summed E-state index contributed by atoms with van der Waals surface area (Å²) in [7, 11) is 0. The van der Waals surface area contributed by atoms with E-state index in [1.165, 1.54) is 18.4 Å². The first-order chi connectivity index (χ1) is 9.37. The van der Waals surface area contributed by atoms with E-state index >= 15 is 0 Å². The van der Waals surface area contributed by atoms with Gasteiger partial charge in [-0.25, -0.2) is 0 Å². The summed E-state index contributed by atoms with van der Waals surface area (Å²) in [6, 6.07) is 2.75. The maximum atomic E-state index is 12.3. The van der Waals surface area contributed by atoms with Crippen LogP contribution >= 0.6 is 0 Å². The summed E-state index contributed by atoms with van der Waals surface area (Å²) in [6.45, 7) is 4.02. The third-order valence-electron chi connectivity index (χ3n) is 3.46. The Bertz CT molecular complexity index is 707. The van der Waals surface area contributed by atoms with E-state index in [9.17, 15) is 14.9 Å². The first-order valence-electron chi connectivity index (χ1n) is 6.25. The minimum Gasteiger partial charge on any atom is -0.468 e. The second-order valence-electron chi connectivity index (χ2n) is 5.78. The second-order valence-corrected chi connectivity index (χ2v) is 5.78. The van der Waals surface area contributed by atoms with Crippen molar-refractivity contribution in [3.8, 4) is 11.3 Å². The van der Waals surface area contributed by atoms with E-state index in [2.05, 4.69) is 0 Å². The number of fused-ring (bicyclic) bond motifs is 1. The molecule has 2 heterocycles. The van der Waals surface area contributed by atoms with Gasteiger partial charge in [-0.05, 0) is 11.5 Å². The molecular weight excluding hydrogens is 262 g/mol. The van der Waals surface area contributed by atoms with Gasteiger partial charge in [-0.3, -0.25) is 14.9 Å². The van der Waals surface area contributed by atoms with Crippen molar-refractivity contribution in [1.82, 2.24) is 0 Å². The number of nitrogens with zero attached hydrogens (tertiary/aromatic N) is 1. The Balaban J connectivity index is 2.07. The molecule has 0 unspecified atom stereocenters. The maximum absolute atomic E-state index is 12.3. The van der Waals surface area contributed by atoms with Crippen molar-refractivity contribution in [2.45, 2.75) is 26.7 Å². The third kappa shape index (κ3) is 1.93. The fourth-order valence-electron chi connectivity index (χ4n) is 2.61. The number of Topliss-reactive ketones (excluding diaryl/α,β-unsaturated/α-hetero) is 1. The van der Waals surface area contributed by atoms with Crippen molar-refractivity contribution in [1.29, 1.82) is 0 Å². The second kappa shape index (κ2) is 4.06. The highest BCUT2D eigenvalue weighted by Crippen LogP contribution is 2.41. The molecule has 0 N–H and O–H groups in total. The number of hydrogen-bond acceptors (Lipinski definition) is 5. The normalized spacial score (nSPS) is 17.0. The Morgan fingerprint density at radius 3 is 2.70 bits per heavy atom. The Morgan fingerprint density at radius 1 is 1.30 bits per heavy atom. The fourth-order valence-corrected chi connectivity index (χ4v) is 2.61. The van der Waals surface area contributed by atoms with Crippen LogP contribution in [0.2, 0.25) is 0 Å². The Morgan fingerprint density at radius 2 is 2.05 bits per heavy atom. The van der Waals surface area contributed by atoms with Gasteiger partial charge in [0.2, 0.25) is 0 Å². The summed E-state index contributed by atoms with van der Waals surface area (Å²) in [4.78, 5) is 22.3. The van der Waals surface area contributed by atoms with Crippen LogP contribution in [0.1, 0.15) is 36.4 Å². The van der Waals surface area contributed by atoms with Crippen molar-refractivity contribution in [3.63, 3.8) is 0 Å². The summed E-state index contributed by atoms with van der Waals surface area (Å²) < 4.78 is 10.6. The number of carbonyl (C=O) groups is 1. The molecular formula is C14H13NO5. The van der Waals surface area contributed by atoms with Gasteiger partial charge < -0.3 is 8.83 Å². The summed E-state index contributed by atoms with van der Waals surface area (Å²) in [6.07, 6.45) is 2.53. The average Bonchev–Trinajstić information content (AvgIpc) is 2.91. The molecule has 0 aromatic carbocycles. The van der Waals surface area contributed by atoms with Crippen LogP contribution in [-0.4, -0.2) is 10.7 Å². The number of nitro groups is 1. The Labute approximate surface area is 114 Å². The van der Waals surface area contributed by atoms with Crippen LogP contribution in [0.3, 0.4) is 0 Å². The Hall–Kier alpha value is -2.37. The van der Waals surface area contributed by atoms with E-state index < -0.39 is 4.92 Å². The standard InChI is InChI=1S/C14H13NO5/c1-14(2)5-9(16)13-8(7-19-11(13)6-14)10-3-4-12(20-10)15(17)18/h3-4,7H,5-6H2,1-2H3. The highest BCUT2D eigenvalue weighted by Gasteiger charge is 2.36. The van der Waals surface area contributed by atoms with E-state index in [1.54, 1.807) is 0 Å². The highest BCUT2D eigenvalue weighted by atomic mass is 16.6. The highest BCUT2D eigenvalue weighted by molar-refractivity contribution is 6.04.